The SMILES string of the molecule is CCOc1ccc(-c2csc(NC(=O)CSc3ccc(Cl)cc3)n2)cc1. The van der Waals surface area contributed by atoms with E-state index in [1.54, 1.807) is 0 Å². The van der Waals surface area contributed by atoms with Crippen LogP contribution in [0.5, 0.6) is 5.75 Å². The Bertz CT molecular complexity index is 864. The lowest BCUT2D eigenvalue weighted by atomic mass is 10.2. The molecule has 0 saturated heterocycles. The largest absolute Gasteiger partial charge is 0.494 e. The number of halogens is 1. The highest BCUT2D eigenvalue weighted by atomic mass is 35.5. The van der Waals surface area contributed by atoms with Crippen molar-refractivity contribution in [2.75, 3.05) is 17.7 Å². The zero-order valence-corrected chi connectivity index (χ0v) is 16.5. The summed E-state index contributed by atoms with van der Waals surface area (Å²) in [5.41, 5.74) is 1.82. The zero-order chi connectivity index (χ0) is 18.4. The third kappa shape index (κ3) is 5.24. The predicted octanol–water partition coefficient (Wildman–Crippen LogP) is 5.59. The zero-order valence-electron chi connectivity index (χ0n) is 14.1. The fourth-order valence-electron chi connectivity index (χ4n) is 2.19. The van der Waals surface area contributed by atoms with Gasteiger partial charge in [-0.25, -0.2) is 4.98 Å². The predicted molar refractivity (Wildman–Crippen MR) is 110 cm³/mol. The third-order valence-corrected chi connectivity index (χ3v) is 5.42. The lowest BCUT2D eigenvalue weighted by Crippen LogP contribution is -2.13. The topological polar surface area (TPSA) is 51.2 Å². The van der Waals surface area contributed by atoms with Crippen LogP contribution in [0.3, 0.4) is 0 Å². The Morgan fingerprint density at radius 3 is 2.62 bits per heavy atom. The van der Waals surface area contributed by atoms with Gasteiger partial charge in [0.15, 0.2) is 5.13 Å². The van der Waals surface area contributed by atoms with Gasteiger partial charge in [-0.15, -0.1) is 23.1 Å². The number of ether oxygens (including phenoxy) is 1. The van der Waals surface area contributed by atoms with Crippen molar-refractivity contribution in [1.82, 2.24) is 4.98 Å². The Hall–Kier alpha value is -2.02. The molecular formula is C19H17ClN2O2S2. The highest BCUT2D eigenvalue weighted by molar-refractivity contribution is 8.00. The summed E-state index contributed by atoms with van der Waals surface area (Å²) < 4.78 is 5.44. The average molecular weight is 405 g/mol. The Kier molecular flexibility index (Phi) is 6.55. The maximum Gasteiger partial charge on any atom is 0.236 e. The van der Waals surface area contributed by atoms with Gasteiger partial charge >= 0.3 is 0 Å². The van der Waals surface area contributed by atoms with Crippen LogP contribution in [0.2, 0.25) is 5.02 Å². The number of hydrogen-bond donors (Lipinski definition) is 1. The van der Waals surface area contributed by atoms with Crippen LogP contribution in [0.1, 0.15) is 6.92 Å². The van der Waals surface area contributed by atoms with E-state index in [1.165, 1.54) is 23.1 Å². The first-order chi connectivity index (χ1) is 12.6. The molecule has 0 spiro atoms. The van der Waals surface area contributed by atoms with Crippen molar-refractivity contribution in [3.05, 3.63) is 58.9 Å². The van der Waals surface area contributed by atoms with E-state index in [0.717, 1.165) is 21.9 Å². The van der Waals surface area contributed by atoms with Gasteiger partial charge in [0.1, 0.15) is 5.75 Å². The van der Waals surface area contributed by atoms with Crippen LogP contribution in [0.15, 0.2) is 58.8 Å². The molecule has 0 atom stereocenters. The average Bonchev–Trinajstić information content (AvgIpc) is 3.10. The molecule has 1 aromatic heterocycles. The van der Waals surface area contributed by atoms with Crippen LogP contribution in [-0.2, 0) is 4.79 Å². The molecule has 0 aliphatic rings. The standard InChI is InChI=1S/C19H17ClN2O2S2/c1-2-24-15-7-3-13(4-8-15)17-11-26-19(21-17)22-18(23)12-25-16-9-5-14(20)6-10-16/h3-11H,2,12H2,1H3,(H,21,22,23). The fraction of sp³-hybridized carbons (Fsp3) is 0.158. The summed E-state index contributed by atoms with van der Waals surface area (Å²) in [6, 6.07) is 15.2. The highest BCUT2D eigenvalue weighted by Gasteiger charge is 2.09. The lowest BCUT2D eigenvalue weighted by molar-refractivity contribution is -0.113. The van der Waals surface area contributed by atoms with E-state index in [4.69, 9.17) is 16.3 Å². The number of carbonyl (C=O) groups excluding carboxylic acids is 1. The second-order valence-corrected chi connectivity index (χ2v) is 7.63. The minimum absolute atomic E-state index is 0.0856. The molecule has 3 aromatic rings. The van der Waals surface area contributed by atoms with E-state index < -0.39 is 0 Å². The van der Waals surface area contributed by atoms with E-state index in [2.05, 4.69) is 10.3 Å². The smallest absolute Gasteiger partial charge is 0.236 e. The van der Waals surface area contributed by atoms with Crippen molar-refractivity contribution >= 4 is 45.7 Å². The van der Waals surface area contributed by atoms with Crippen molar-refractivity contribution in [3.63, 3.8) is 0 Å². The first kappa shape index (κ1) is 18.8. The summed E-state index contributed by atoms with van der Waals surface area (Å²) in [7, 11) is 0. The molecule has 0 aliphatic carbocycles. The van der Waals surface area contributed by atoms with Crippen molar-refractivity contribution in [3.8, 4) is 17.0 Å². The number of aromatic nitrogens is 1. The monoisotopic (exact) mass is 404 g/mol. The van der Waals surface area contributed by atoms with Crippen molar-refractivity contribution in [2.24, 2.45) is 0 Å². The highest BCUT2D eigenvalue weighted by Crippen LogP contribution is 2.27. The molecule has 1 heterocycles. The van der Waals surface area contributed by atoms with Crippen molar-refractivity contribution < 1.29 is 9.53 Å². The molecule has 2 aromatic carbocycles. The van der Waals surface area contributed by atoms with Crippen LogP contribution >= 0.6 is 34.7 Å². The van der Waals surface area contributed by atoms with Gasteiger partial charge in [-0.2, -0.15) is 0 Å². The summed E-state index contributed by atoms with van der Waals surface area (Å²) in [6.45, 7) is 2.59. The van der Waals surface area contributed by atoms with Gasteiger partial charge in [0.05, 0.1) is 18.1 Å². The van der Waals surface area contributed by atoms with Gasteiger partial charge in [0, 0.05) is 20.9 Å². The summed E-state index contributed by atoms with van der Waals surface area (Å²) in [5, 5.41) is 6.05. The summed E-state index contributed by atoms with van der Waals surface area (Å²) in [6.07, 6.45) is 0. The van der Waals surface area contributed by atoms with Crippen LogP contribution in [0.4, 0.5) is 5.13 Å². The molecule has 0 saturated carbocycles. The van der Waals surface area contributed by atoms with Crippen LogP contribution < -0.4 is 10.1 Å². The molecule has 1 amide bonds. The lowest BCUT2D eigenvalue weighted by Gasteiger charge is -2.03. The van der Waals surface area contributed by atoms with Crippen molar-refractivity contribution in [2.45, 2.75) is 11.8 Å². The molecule has 0 aliphatic heterocycles. The Morgan fingerprint density at radius 2 is 1.92 bits per heavy atom. The maximum absolute atomic E-state index is 12.1. The number of rotatable bonds is 7. The minimum atomic E-state index is -0.0856. The molecule has 0 radical (unpaired) electrons. The quantitative estimate of drug-likeness (QED) is 0.521. The van der Waals surface area contributed by atoms with E-state index in [1.807, 2.05) is 60.8 Å². The molecule has 0 unspecified atom stereocenters. The maximum atomic E-state index is 12.1. The van der Waals surface area contributed by atoms with Crippen LogP contribution in [-0.4, -0.2) is 23.3 Å². The van der Waals surface area contributed by atoms with Gasteiger partial charge < -0.3 is 10.1 Å². The molecule has 0 fully saturated rings. The Balaban J connectivity index is 1.55. The molecule has 7 heteroatoms. The number of thioether (sulfide) groups is 1. The number of nitrogens with zero attached hydrogens (tertiary/aromatic N) is 1. The second kappa shape index (κ2) is 9.07. The minimum Gasteiger partial charge on any atom is -0.494 e. The second-order valence-electron chi connectivity index (χ2n) is 5.29. The first-order valence-electron chi connectivity index (χ1n) is 8.01. The number of hydrogen-bond acceptors (Lipinski definition) is 5. The molecule has 4 nitrogen and oxygen atoms in total. The van der Waals surface area contributed by atoms with E-state index >= 15 is 0 Å². The normalized spacial score (nSPS) is 10.5. The van der Waals surface area contributed by atoms with Gasteiger partial charge in [-0.05, 0) is 55.5 Å². The number of thiazole rings is 1. The molecule has 26 heavy (non-hydrogen) atoms. The Morgan fingerprint density at radius 1 is 1.19 bits per heavy atom. The molecule has 0 bridgehead atoms. The van der Waals surface area contributed by atoms with Crippen LogP contribution in [0, 0.1) is 0 Å². The summed E-state index contributed by atoms with van der Waals surface area (Å²) in [5.74, 6) is 1.07. The third-order valence-electron chi connectivity index (χ3n) is 3.40. The van der Waals surface area contributed by atoms with E-state index in [9.17, 15) is 4.79 Å². The molecular weight excluding hydrogens is 388 g/mol. The fourth-order valence-corrected chi connectivity index (χ4v) is 3.75. The van der Waals surface area contributed by atoms with E-state index in [-0.39, 0.29) is 5.91 Å². The Labute approximate surface area is 165 Å². The number of anilines is 1. The molecule has 1 N–H and O–H groups in total. The molecule has 134 valence electrons. The van der Waals surface area contributed by atoms with E-state index in [0.29, 0.717) is 22.5 Å². The van der Waals surface area contributed by atoms with Gasteiger partial charge in [0.2, 0.25) is 5.91 Å². The number of benzene rings is 2. The first-order valence-corrected chi connectivity index (χ1v) is 10.3. The molecule has 3 rings (SSSR count). The number of carbonyl (C=O) groups is 1. The summed E-state index contributed by atoms with van der Waals surface area (Å²) in [4.78, 5) is 17.6. The van der Waals surface area contributed by atoms with Gasteiger partial charge in [0.25, 0.3) is 0 Å². The van der Waals surface area contributed by atoms with Crippen molar-refractivity contribution in [1.29, 1.82) is 0 Å². The number of amides is 1. The number of nitrogens with one attached hydrogen (secondary N) is 1. The van der Waals surface area contributed by atoms with Gasteiger partial charge in [-0.3, -0.25) is 4.79 Å². The summed E-state index contributed by atoms with van der Waals surface area (Å²) >= 11 is 8.72. The van der Waals surface area contributed by atoms with Crippen LogP contribution in [0.25, 0.3) is 11.3 Å². The van der Waals surface area contributed by atoms with Gasteiger partial charge in [-0.1, -0.05) is 11.6 Å².